The van der Waals surface area contributed by atoms with E-state index in [1.54, 1.807) is 12.1 Å². The van der Waals surface area contributed by atoms with Gasteiger partial charge in [-0.25, -0.2) is 0 Å². The molecular formula is C15H19NO3. The normalized spacial score (nSPS) is 14.5. The van der Waals surface area contributed by atoms with Gasteiger partial charge in [0.15, 0.2) is 0 Å². The summed E-state index contributed by atoms with van der Waals surface area (Å²) >= 11 is 0. The summed E-state index contributed by atoms with van der Waals surface area (Å²) in [6.07, 6.45) is 1.07. The molecule has 1 aromatic heterocycles. The maximum absolute atomic E-state index is 11.3. The number of rotatable bonds is 4. The fourth-order valence-electron chi connectivity index (χ4n) is 2.22. The smallest absolute Gasteiger partial charge is 0.248 e. The van der Waals surface area contributed by atoms with E-state index in [4.69, 9.17) is 0 Å². The topological polar surface area (TPSA) is 73.3 Å². The number of phenolic OH excluding ortho intramolecular Hbond substituents is 1. The third-order valence-corrected chi connectivity index (χ3v) is 3.59. The Balaban J connectivity index is 2.49. The zero-order valence-corrected chi connectivity index (χ0v) is 11.2. The first kappa shape index (κ1) is 13.6. The molecule has 0 aliphatic rings. The van der Waals surface area contributed by atoms with E-state index in [2.05, 4.69) is 18.8 Å². The summed E-state index contributed by atoms with van der Waals surface area (Å²) in [6, 6.07) is 6.26. The van der Waals surface area contributed by atoms with Crippen molar-refractivity contribution in [1.82, 2.24) is 4.98 Å². The van der Waals surface area contributed by atoms with Gasteiger partial charge in [-0.15, -0.1) is 0 Å². The molecule has 102 valence electrons. The van der Waals surface area contributed by atoms with Crippen LogP contribution in [0.2, 0.25) is 0 Å². The third-order valence-electron chi connectivity index (χ3n) is 3.59. The highest BCUT2D eigenvalue weighted by molar-refractivity contribution is 5.87. The molecule has 0 saturated heterocycles. The molecule has 2 unspecified atom stereocenters. The predicted molar refractivity (Wildman–Crippen MR) is 75.3 cm³/mol. The Hall–Kier alpha value is -1.81. The second-order valence-corrected chi connectivity index (χ2v) is 5.05. The van der Waals surface area contributed by atoms with Crippen LogP contribution in [-0.4, -0.2) is 15.2 Å². The molecule has 0 bridgehead atoms. The van der Waals surface area contributed by atoms with Crippen LogP contribution in [0.25, 0.3) is 10.9 Å². The number of nitrogens with one attached hydrogen (secondary N) is 1. The number of pyridine rings is 1. The van der Waals surface area contributed by atoms with E-state index in [9.17, 15) is 15.0 Å². The van der Waals surface area contributed by atoms with Gasteiger partial charge in [-0.1, -0.05) is 26.3 Å². The van der Waals surface area contributed by atoms with Crippen LogP contribution in [0.15, 0.2) is 29.1 Å². The number of aromatic amines is 1. The van der Waals surface area contributed by atoms with Crippen molar-refractivity contribution in [1.29, 1.82) is 0 Å². The van der Waals surface area contributed by atoms with Crippen molar-refractivity contribution in [2.45, 2.75) is 32.8 Å². The minimum Gasteiger partial charge on any atom is -0.506 e. The van der Waals surface area contributed by atoms with Crippen LogP contribution < -0.4 is 5.56 Å². The number of aromatic nitrogens is 1. The zero-order valence-electron chi connectivity index (χ0n) is 11.2. The van der Waals surface area contributed by atoms with E-state index in [1.165, 1.54) is 12.1 Å². The number of aliphatic hydroxyl groups is 1. The molecule has 0 fully saturated rings. The summed E-state index contributed by atoms with van der Waals surface area (Å²) in [6.45, 7) is 4.18. The Bertz CT molecular complexity index is 633. The van der Waals surface area contributed by atoms with E-state index >= 15 is 0 Å². The van der Waals surface area contributed by atoms with Gasteiger partial charge in [0.2, 0.25) is 5.56 Å². The lowest BCUT2D eigenvalue weighted by atomic mass is 9.94. The summed E-state index contributed by atoms with van der Waals surface area (Å²) < 4.78 is 0. The molecule has 2 atom stereocenters. The number of hydrogen-bond donors (Lipinski definition) is 3. The molecule has 0 aliphatic heterocycles. The average Bonchev–Trinajstić information content (AvgIpc) is 2.39. The highest BCUT2D eigenvalue weighted by atomic mass is 16.3. The number of aromatic hydroxyl groups is 1. The number of aliphatic hydroxyl groups excluding tert-OH is 1. The van der Waals surface area contributed by atoms with Gasteiger partial charge in [-0.05, 0) is 30.0 Å². The molecule has 19 heavy (non-hydrogen) atoms. The van der Waals surface area contributed by atoms with E-state index in [0.717, 1.165) is 12.0 Å². The van der Waals surface area contributed by atoms with Crippen LogP contribution in [-0.2, 0) is 0 Å². The lowest BCUT2D eigenvalue weighted by Gasteiger charge is -2.17. The summed E-state index contributed by atoms with van der Waals surface area (Å²) in [5, 5.41) is 20.8. The SMILES string of the molecule is CCC(C)CC(O)c1ccc(O)c2[nH]c(=O)ccc12. The van der Waals surface area contributed by atoms with Crippen molar-refractivity contribution >= 4 is 10.9 Å². The molecule has 0 amide bonds. The fourth-order valence-corrected chi connectivity index (χ4v) is 2.22. The van der Waals surface area contributed by atoms with Gasteiger partial charge < -0.3 is 15.2 Å². The molecule has 4 heteroatoms. The molecule has 2 rings (SSSR count). The molecule has 2 aromatic rings. The van der Waals surface area contributed by atoms with Crippen molar-refractivity contribution in [3.8, 4) is 5.75 Å². The molecule has 4 nitrogen and oxygen atoms in total. The fraction of sp³-hybridized carbons (Fsp3) is 0.400. The largest absolute Gasteiger partial charge is 0.506 e. The minimum absolute atomic E-state index is 0.0205. The number of hydrogen-bond acceptors (Lipinski definition) is 3. The second kappa shape index (κ2) is 5.45. The van der Waals surface area contributed by atoms with Gasteiger partial charge in [0.05, 0.1) is 11.6 Å². The Morgan fingerprint density at radius 2 is 2.00 bits per heavy atom. The Kier molecular flexibility index (Phi) is 3.90. The standard InChI is InChI=1S/C15H19NO3/c1-3-9(2)8-13(18)10-4-6-12(17)15-11(10)5-7-14(19)16-15/h4-7,9,13,17-18H,3,8H2,1-2H3,(H,16,19). The van der Waals surface area contributed by atoms with Gasteiger partial charge in [0.1, 0.15) is 5.75 Å². The molecule has 1 heterocycles. The lowest BCUT2D eigenvalue weighted by Crippen LogP contribution is -2.07. The van der Waals surface area contributed by atoms with Crippen molar-refractivity contribution < 1.29 is 10.2 Å². The van der Waals surface area contributed by atoms with Crippen molar-refractivity contribution in [2.75, 3.05) is 0 Å². The quantitative estimate of drug-likeness (QED) is 0.792. The van der Waals surface area contributed by atoms with Crippen molar-refractivity contribution in [3.05, 3.63) is 40.2 Å². The molecule has 0 saturated carbocycles. The highest BCUT2D eigenvalue weighted by Crippen LogP contribution is 2.31. The van der Waals surface area contributed by atoms with Gasteiger partial charge in [0, 0.05) is 11.5 Å². The first-order valence-corrected chi connectivity index (χ1v) is 6.56. The van der Waals surface area contributed by atoms with Gasteiger partial charge in [-0.2, -0.15) is 0 Å². The van der Waals surface area contributed by atoms with Crippen LogP contribution >= 0.6 is 0 Å². The highest BCUT2D eigenvalue weighted by Gasteiger charge is 2.15. The van der Waals surface area contributed by atoms with Gasteiger partial charge in [0.25, 0.3) is 0 Å². The number of phenols is 1. The maximum atomic E-state index is 11.3. The van der Waals surface area contributed by atoms with E-state index < -0.39 is 6.10 Å². The van der Waals surface area contributed by atoms with Crippen LogP contribution in [0, 0.1) is 5.92 Å². The second-order valence-electron chi connectivity index (χ2n) is 5.05. The molecular weight excluding hydrogens is 242 g/mol. The number of H-pyrrole nitrogens is 1. The number of fused-ring (bicyclic) bond motifs is 1. The van der Waals surface area contributed by atoms with Gasteiger partial charge in [-0.3, -0.25) is 4.79 Å². The van der Waals surface area contributed by atoms with E-state index in [-0.39, 0.29) is 11.3 Å². The van der Waals surface area contributed by atoms with Crippen LogP contribution in [0.5, 0.6) is 5.75 Å². The Morgan fingerprint density at radius 1 is 1.26 bits per heavy atom. The molecule has 0 aliphatic carbocycles. The predicted octanol–water partition coefficient (Wildman–Crippen LogP) is 2.70. The first-order chi connectivity index (χ1) is 9.02. The molecule has 0 spiro atoms. The van der Waals surface area contributed by atoms with Gasteiger partial charge >= 0.3 is 0 Å². The van der Waals surface area contributed by atoms with Crippen molar-refractivity contribution in [3.63, 3.8) is 0 Å². The summed E-state index contributed by atoms with van der Waals surface area (Å²) in [5.74, 6) is 0.439. The van der Waals surface area contributed by atoms with E-state index in [1.807, 2.05) is 0 Å². The summed E-state index contributed by atoms with van der Waals surface area (Å²) in [5.41, 5.74) is 0.855. The molecule has 0 radical (unpaired) electrons. The maximum Gasteiger partial charge on any atom is 0.248 e. The summed E-state index contributed by atoms with van der Waals surface area (Å²) in [4.78, 5) is 13.9. The molecule has 1 aromatic carbocycles. The third kappa shape index (κ3) is 2.79. The van der Waals surface area contributed by atoms with E-state index in [0.29, 0.717) is 23.2 Å². The van der Waals surface area contributed by atoms with Crippen LogP contribution in [0.4, 0.5) is 0 Å². The minimum atomic E-state index is -0.594. The Morgan fingerprint density at radius 3 is 2.68 bits per heavy atom. The average molecular weight is 261 g/mol. The van der Waals surface area contributed by atoms with Crippen LogP contribution in [0.1, 0.15) is 38.4 Å². The van der Waals surface area contributed by atoms with Crippen molar-refractivity contribution in [2.24, 2.45) is 5.92 Å². The zero-order chi connectivity index (χ0) is 14.0. The monoisotopic (exact) mass is 261 g/mol. The Labute approximate surface area is 111 Å². The first-order valence-electron chi connectivity index (χ1n) is 6.56. The molecule has 3 N–H and O–H groups in total. The lowest BCUT2D eigenvalue weighted by molar-refractivity contribution is 0.148. The summed E-state index contributed by atoms with van der Waals surface area (Å²) in [7, 11) is 0. The number of benzene rings is 1. The van der Waals surface area contributed by atoms with Crippen LogP contribution in [0.3, 0.4) is 0 Å².